The van der Waals surface area contributed by atoms with Crippen molar-refractivity contribution in [2.75, 3.05) is 33.8 Å². The number of likely N-dealkylation sites (tertiary alicyclic amines) is 1. The first-order valence-corrected chi connectivity index (χ1v) is 7.93. The van der Waals surface area contributed by atoms with Crippen LogP contribution in [0.4, 0.5) is 4.79 Å². The molecule has 0 aromatic carbocycles. The van der Waals surface area contributed by atoms with Crippen molar-refractivity contribution in [1.82, 2.24) is 15.1 Å². The van der Waals surface area contributed by atoms with Crippen LogP contribution in [0, 0.1) is 0 Å². The number of furan rings is 1. The van der Waals surface area contributed by atoms with E-state index in [1.807, 2.05) is 12.1 Å². The maximum atomic E-state index is 11.7. The molecule has 3 rings (SSSR count). The molecule has 0 radical (unpaired) electrons. The minimum Gasteiger partial charge on any atom is -0.468 e. The predicted octanol–water partition coefficient (Wildman–Crippen LogP) is 1.67. The second-order valence-corrected chi connectivity index (χ2v) is 6.59. The SMILES string of the molecule is CN(C)C(=O)N[C@H]1COC2(CCN(Cc3ccco3)CC2)C1. The maximum absolute atomic E-state index is 11.7. The molecule has 2 fully saturated rings. The number of nitrogens with zero attached hydrogens (tertiary/aromatic N) is 2. The van der Waals surface area contributed by atoms with Crippen LogP contribution in [-0.2, 0) is 11.3 Å². The molecular weight excluding hydrogens is 282 g/mol. The number of carbonyl (C=O) groups excluding carboxylic acids is 1. The van der Waals surface area contributed by atoms with Crippen LogP contribution in [0.15, 0.2) is 22.8 Å². The Balaban J connectivity index is 1.47. The van der Waals surface area contributed by atoms with Gasteiger partial charge in [-0.15, -0.1) is 0 Å². The van der Waals surface area contributed by atoms with Gasteiger partial charge in [-0.1, -0.05) is 0 Å². The second-order valence-electron chi connectivity index (χ2n) is 6.59. The first kappa shape index (κ1) is 15.4. The molecule has 3 heterocycles. The molecule has 0 saturated carbocycles. The summed E-state index contributed by atoms with van der Waals surface area (Å²) in [6.07, 6.45) is 4.67. The highest BCUT2D eigenvalue weighted by atomic mass is 16.5. The Morgan fingerprint density at radius 1 is 1.45 bits per heavy atom. The predicted molar refractivity (Wildman–Crippen MR) is 82.5 cm³/mol. The Bertz CT molecular complexity index is 493. The Kier molecular flexibility index (Phi) is 4.40. The van der Waals surface area contributed by atoms with Gasteiger partial charge in [-0.25, -0.2) is 4.79 Å². The van der Waals surface area contributed by atoms with Crippen LogP contribution in [0.2, 0.25) is 0 Å². The zero-order chi connectivity index (χ0) is 15.6. The van der Waals surface area contributed by atoms with Crippen LogP contribution >= 0.6 is 0 Å². The molecule has 1 aromatic rings. The molecule has 1 spiro atoms. The molecule has 22 heavy (non-hydrogen) atoms. The molecular formula is C16H25N3O3. The molecule has 6 heteroatoms. The lowest BCUT2D eigenvalue weighted by Gasteiger charge is -2.38. The van der Waals surface area contributed by atoms with Crippen molar-refractivity contribution in [2.45, 2.75) is 37.5 Å². The van der Waals surface area contributed by atoms with Gasteiger partial charge in [-0.3, -0.25) is 4.90 Å². The van der Waals surface area contributed by atoms with Crippen LogP contribution in [-0.4, -0.2) is 61.3 Å². The van der Waals surface area contributed by atoms with Gasteiger partial charge in [0.25, 0.3) is 0 Å². The van der Waals surface area contributed by atoms with E-state index in [0.717, 1.165) is 44.7 Å². The van der Waals surface area contributed by atoms with Crippen LogP contribution in [0.3, 0.4) is 0 Å². The summed E-state index contributed by atoms with van der Waals surface area (Å²) in [5.74, 6) is 1.01. The normalized spacial score (nSPS) is 24.5. The van der Waals surface area contributed by atoms with Gasteiger partial charge in [0, 0.05) is 27.2 Å². The number of hydrogen-bond donors (Lipinski definition) is 1. The number of ether oxygens (including phenoxy) is 1. The fourth-order valence-corrected chi connectivity index (χ4v) is 3.33. The van der Waals surface area contributed by atoms with E-state index in [0.29, 0.717) is 6.61 Å². The molecule has 2 aliphatic rings. The van der Waals surface area contributed by atoms with Gasteiger partial charge in [0.1, 0.15) is 5.76 Å². The van der Waals surface area contributed by atoms with E-state index in [2.05, 4.69) is 10.2 Å². The smallest absolute Gasteiger partial charge is 0.317 e. The lowest BCUT2D eigenvalue weighted by molar-refractivity contribution is -0.0457. The number of amides is 2. The van der Waals surface area contributed by atoms with Crippen molar-refractivity contribution in [3.8, 4) is 0 Å². The van der Waals surface area contributed by atoms with Gasteiger partial charge in [-0.05, 0) is 31.4 Å². The Hall–Kier alpha value is -1.53. The largest absolute Gasteiger partial charge is 0.468 e. The van der Waals surface area contributed by atoms with E-state index in [-0.39, 0.29) is 17.7 Å². The summed E-state index contributed by atoms with van der Waals surface area (Å²) in [4.78, 5) is 15.7. The van der Waals surface area contributed by atoms with Gasteiger partial charge in [0.2, 0.25) is 0 Å². The summed E-state index contributed by atoms with van der Waals surface area (Å²) in [5.41, 5.74) is -0.0517. The van der Waals surface area contributed by atoms with Crippen molar-refractivity contribution in [3.05, 3.63) is 24.2 Å². The fraction of sp³-hybridized carbons (Fsp3) is 0.688. The van der Waals surface area contributed by atoms with E-state index >= 15 is 0 Å². The molecule has 1 atom stereocenters. The fourth-order valence-electron chi connectivity index (χ4n) is 3.33. The van der Waals surface area contributed by atoms with Crippen LogP contribution in [0.5, 0.6) is 0 Å². The van der Waals surface area contributed by atoms with Gasteiger partial charge in [0.15, 0.2) is 0 Å². The van der Waals surface area contributed by atoms with E-state index in [1.165, 1.54) is 0 Å². The number of rotatable bonds is 3. The van der Waals surface area contributed by atoms with E-state index in [1.54, 1.807) is 25.3 Å². The minimum absolute atomic E-state index is 0.0408. The maximum Gasteiger partial charge on any atom is 0.317 e. The molecule has 6 nitrogen and oxygen atoms in total. The number of nitrogens with one attached hydrogen (secondary N) is 1. The van der Waals surface area contributed by atoms with Crippen LogP contribution < -0.4 is 5.32 Å². The zero-order valence-electron chi connectivity index (χ0n) is 13.4. The Morgan fingerprint density at radius 2 is 2.23 bits per heavy atom. The third kappa shape index (κ3) is 3.44. The minimum atomic E-state index is -0.0517. The summed E-state index contributed by atoms with van der Waals surface area (Å²) < 4.78 is 11.5. The second kappa shape index (κ2) is 6.30. The van der Waals surface area contributed by atoms with Crippen LogP contribution in [0.25, 0.3) is 0 Å². The lowest BCUT2D eigenvalue weighted by atomic mass is 9.87. The molecule has 0 bridgehead atoms. The van der Waals surface area contributed by atoms with Crippen molar-refractivity contribution >= 4 is 6.03 Å². The van der Waals surface area contributed by atoms with Crippen molar-refractivity contribution in [3.63, 3.8) is 0 Å². The molecule has 0 unspecified atom stereocenters. The number of carbonyl (C=O) groups is 1. The topological polar surface area (TPSA) is 58.0 Å². The summed E-state index contributed by atoms with van der Waals surface area (Å²) in [6, 6.07) is 4.04. The quantitative estimate of drug-likeness (QED) is 0.923. The summed E-state index contributed by atoms with van der Waals surface area (Å²) in [7, 11) is 3.52. The molecule has 122 valence electrons. The van der Waals surface area contributed by atoms with E-state index in [4.69, 9.17) is 9.15 Å². The van der Waals surface area contributed by atoms with Gasteiger partial charge in [0.05, 0.1) is 31.1 Å². The summed E-state index contributed by atoms with van der Waals surface area (Å²) in [5, 5.41) is 3.03. The number of hydrogen-bond acceptors (Lipinski definition) is 4. The standard InChI is InChI=1S/C16H25N3O3/c1-18(2)15(20)17-13-10-16(22-12-13)5-7-19(8-6-16)11-14-4-3-9-21-14/h3-4,9,13H,5-8,10-12H2,1-2H3,(H,17,20)/t13-/m1/s1. The van der Waals surface area contributed by atoms with E-state index < -0.39 is 0 Å². The van der Waals surface area contributed by atoms with Crippen LogP contribution in [0.1, 0.15) is 25.0 Å². The molecule has 2 amide bonds. The van der Waals surface area contributed by atoms with Gasteiger partial charge in [-0.2, -0.15) is 0 Å². The Labute approximate surface area is 131 Å². The molecule has 1 N–H and O–H groups in total. The zero-order valence-corrected chi connectivity index (χ0v) is 13.4. The first-order chi connectivity index (χ1) is 10.6. The van der Waals surface area contributed by atoms with Gasteiger partial charge < -0.3 is 19.4 Å². The number of urea groups is 1. The van der Waals surface area contributed by atoms with Crippen molar-refractivity contribution in [2.24, 2.45) is 0 Å². The Morgan fingerprint density at radius 3 is 2.86 bits per heavy atom. The molecule has 2 aliphatic heterocycles. The third-order valence-corrected chi connectivity index (χ3v) is 4.67. The average Bonchev–Trinajstić information content (AvgIpc) is 3.12. The van der Waals surface area contributed by atoms with Crippen molar-refractivity contribution < 1.29 is 13.9 Å². The lowest BCUT2D eigenvalue weighted by Crippen LogP contribution is -2.45. The molecule has 2 saturated heterocycles. The highest BCUT2D eigenvalue weighted by Gasteiger charge is 2.43. The van der Waals surface area contributed by atoms with Crippen molar-refractivity contribution in [1.29, 1.82) is 0 Å². The number of piperidine rings is 1. The monoisotopic (exact) mass is 307 g/mol. The summed E-state index contributed by atoms with van der Waals surface area (Å²) >= 11 is 0. The van der Waals surface area contributed by atoms with Gasteiger partial charge >= 0.3 is 6.03 Å². The third-order valence-electron chi connectivity index (χ3n) is 4.67. The summed E-state index contributed by atoms with van der Waals surface area (Å²) in [6.45, 7) is 3.51. The molecule has 0 aliphatic carbocycles. The molecule has 1 aromatic heterocycles. The average molecular weight is 307 g/mol. The first-order valence-electron chi connectivity index (χ1n) is 7.93. The highest BCUT2D eigenvalue weighted by Crippen LogP contribution is 2.36. The van der Waals surface area contributed by atoms with E-state index in [9.17, 15) is 4.79 Å². The highest BCUT2D eigenvalue weighted by molar-refractivity contribution is 5.73.